The van der Waals surface area contributed by atoms with Gasteiger partial charge < -0.3 is 4.42 Å². The number of nitrogens with zero attached hydrogens (tertiary/aromatic N) is 3. The molecule has 7 aromatic rings. The highest BCUT2D eigenvalue weighted by molar-refractivity contribution is 6.14. The molecule has 4 nitrogen and oxygen atoms in total. The van der Waals surface area contributed by atoms with Gasteiger partial charge in [-0.1, -0.05) is 121 Å². The van der Waals surface area contributed by atoms with Crippen LogP contribution < -0.4 is 0 Å². The molecule has 0 fully saturated rings. The average Bonchev–Trinajstić information content (AvgIpc) is 3.37. The molecule has 0 aliphatic rings. The van der Waals surface area contributed by atoms with Gasteiger partial charge in [0.2, 0.25) is 0 Å². The first kappa shape index (κ1) is 22.1. The standard InChI is InChI=1S/C34H23N3O/c1-22-18-20-25(21-19-22)33-35-32(24-12-6-3-7-13-24)36-34(37-33)28-16-9-17-29-30(28)27-15-8-14-26(31(27)38-29)23-10-4-2-5-11-23/h2-21H,1H3. The number of hydrogen-bond acceptors (Lipinski definition) is 4. The average molecular weight is 490 g/mol. The quantitative estimate of drug-likeness (QED) is 0.248. The van der Waals surface area contributed by atoms with E-state index in [4.69, 9.17) is 19.4 Å². The van der Waals surface area contributed by atoms with Crippen LogP contribution in [0.5, 0.6) is 0 Å². The van der Waals surface area contributed by atoms with Crippen molar-refractivity contribution in [3.05, 3.63) is 127 Å². The highest BCUT2D eigenvalue weighted by Crippen LogP contribution is 2.40. The van der Waals surface area contributed by atoms with Gasteiger partial charge in [0.1, 0.15) is 11.2 Å². The molecule has 0 bridgehead atoms. The third-order valence-electron chi connectivity index (χ3n) is 6.83. The molecule has 2 aromatic heterocycles. The first-order valence-corrected chi connectivity index (χ1v) is 12.6. The summed E-state index contributed by atoms with van der Waals surface area (Å²) in [5.74, 6) is 1.90. The SMILES string of the molecule is Cc1ccc(-c2nc(-c3ccccc3)nc(-c3cccc4oc5c(-c6ccccc6)cccc5c34)n2)cc1. The zero-order chi connectivity index (χ0) is 25.5. The van der Waals surface area contributed by atoms with Crippen LogP contribution >= 0.6 is 0 Å². The van der Waals surface area contributed by atoms with Crippen LogP contribution in [0, 0.1) is 6.92 Å². The Kier molecular flexibility index (Phi) is 5.30. The number of furan rings is 1. The van der Waals surface area contributed by atoms with Crippen molar-refractivity contribution in [3.63, 3.8) is 0 Å². The number of benzene rings is 5. The molecule has 0 amide bonds. The second kappa shape index (κ2) is 9.09. The van der Waals surface area contributed by atoms with Gasteiger partial charge in [-0.2, -0.15) is 0 Å². The Morgan fingerprint density at radius 1 is 0.474 bits per heavy atom. The summed E-state index contributed by atoms with van der Waals surface area (Å²) in [6.45, 7) is 2.08. The van der Waals surface area contributed by atoms with Crippen LogP contribution in [-0.2, 0) is 0 Å². The van der Waals surface area contributed by atoms with Crippen molar-refractivity contribution in [2.75, 3.05) is 0 Å². The summed E-state index contributed by atoms with van der Waals surface area (Å²) in [4.78, 5) is 14.8. The van der Waals surface area contributed by atoms with Crippen molar-refractivity contribution in [2.45, 2.75) is 6.92 Å². The van der Waals surface area contributed by atoms with Crippen LogP contribution in [0.1, 0.15) is 5.56 Å². The molecule has 0 aliphatic heterocycles. The molecule has 0 saturated heterocycles. The number of aromatic nitrogens is 3. The Morgan fingerprint density at radius 3 is 1.76 bits per heavy atom. The second-order valence-corrected chi connectivity index (χ2v) is 9.37. The summed E-state index contributed by atoms with van der Waals surface area (Å²) in [6.07, 6.45) is 0. The van der Waals surface area contributed by atoms with Gasteiger partial charge in [-0.25, -0.2) is 15.0 Å². The lowest BCUT2D eigenvalue weighted by molar-refractivity contribution is 0.670. The van der Waals surface area contributed by atoms with E-state index in [2.05, 4.69) is 67.6 Å². The van der Waals surface area contributed by atoms with E-state index in [1.165, 1.54) is 5.56 Å². The molecule has 0 saturated carbocycles. The summed E-state index contributed by atoms with van der Waals surface area (Å²) < 4.78 is 6.47. The molecule has 0 unspecified atom stereocenters. The third kappa shape index (κ3) is 3.84. The van der Waals surface area contributed by atoms with Crippen LogP contribution in [-0.4, -0.2) is 15.0 Å². The van der Waals surface area contributed by atoms with Crippen molar-refractivity contribution in [1.82, 2.24) is 15.0 Å². The third-order valence-corrected chi connectivity index (χ3v) is 6.83. The number of aryl methyl sites for hydroxylation is 1. The molecule has 0 spiro atoms. The van der Waals surface area contributed by atoms with Gasteiger partial charge in [0, 0.05) is 33.0 Å². The predicted molar refractivity (Wildman–Crippen MR) is 154 cm³/mol. The monoisotopic (exact) mass is 489 g/mol. The van der Waals surface area contributed by atoms with Crippen LogP contribution in [0.2, 0.25) is 0 Å². The van der Waals surface area contributed by atoms with E-state index < -0.39 is 0 Å². The fraction of sp³-hybridized carbons (Fsp3) is 0.0294. The fourth-order valence-electron chi connectivity index (χ4n) is 4.92. The summed E-state index contributed by atoms with van der Waals surface area (Å²) >= 11 is 0. The number of fused-ring (bicyclic) bond motifs is 3. The Bertz CT molecular complexity index is 1910. The van der Waals surface area contributed by atoms with Gasteiger partial charge in [0.15, 0.2) is 17.5 Å². The normalized spacial score (nSPS) is 11.3. The molecule has 7 rings (SSSR count). The zero-order valence-electron chi connectivity index (χ0n) is 20.8. The molecule has 38 heavy (non-hydrogen) atoms. The number of para-hydroxylation sites is 1. The van der Waals surface area contributed by atoms with Crippen molar-refractivity contribution in [2.24, 2.45) is 0 Å². The highest BCUT2D eigenvalue weighted by Gasteiger charge is 2.19. The molecule has 5 aromatic carbocycles. The Labute approximate surface area is 220 Å². The van der Waals surface area contributed by atoms with E-state index in [1.54, 1.807) is 0 Å². The van der Waals surface area contributed by atoms with E-state index in [0.717, 1.165) is 49.8 Å². The Hall–Kier alpha value is -5.09. The molecule has 0 N–H and O–H groups in total. The molecule has 0 atom stereocenters. The molecule has 180 valence electrons. The van der Waals surface area contributed by atoms with Gasteiger partial charge in [-0.15, -0.1) is 0 Å². The molecule has 4 heteroatoms. The van der Waals surface area contributed by atoms with E-state index in [0.29, 0.717) is 17.5 Å². The minimum atomic E-state index is 0.618. The lowest BCUT2D eigenvalue weighted by Gasteiger charge is -2.09. The number of hydrogen-bond donors (Lipinski definition) is 0. The summed E-state index contributed by atoms with van der Waals surface area (Å²) in [7, 11) is 0. The first-order chi connectivity index (χ1) is 18.7. The molecular weight excluding hydrogens is 466 g/mol. The topological polar surface area (TPSA) is 51.8 Å². The minimum absolute atomic E-state index is 0.618. The Balaban J connectivity index is 1.49. The van der Waals surface area contributed by atoms with Crippen molar-refractivity contribution in [1.29, 1.82) is 0 Å². The minimum Gasteiger partial charge on any atom is -0.455 e. The molecule has 0 aliphatic carbocycles. The molecular formula is C34H23N3O. The van der Waals surface area contributed by atoms with Crippen LogP contribution in [0.3, 0.4) is 0 Å². The number of rotatable bonds is 4. The summed E-state index contributed by atoms with van der Waals surface area (Å²) in [5.41, 5.74) is 7.84. The van der Waals surface area contributed by atoms with E-state index in [1.807, 2.05) is 60.7 Å². The van der Waals surface area contributed by atoms with Crippen LogP contribution in [0.25, 0.3) is 67.2 Å². The zero-order valence-corrected chi connectivity index (χ0v) is 20.8. The lowest BCUT2D eigenvalue weighted by atomic mass is 10.0. The highest BCUT2D eigenvalue weighted by atomic mass is 16.3. The van der Waals surface area contributed by atoms with Gasteiger partial charge in [-0.3, -0.25) is 0 Å². The fourth-order valence-corrected chi connectivity index (χ4v) is 4.92. The van der Waals surface area contributed by atoms with E-state index in [9.17, 15) is 0 Å². The van der Waals surface area contributed by atoms with Crippen molar-refractivity contribution < 1.29 is 4.42 Å². The summed E-state index contributed by atoms with van der Waals surface area (Å²) in [6, 6.07) is 41.0. The lowest BCUT2D eigenvalue weighted by Crippen LogP contribution is -2.00. The van der Waals surface area contributed by atoms with Gasteiger partial charge in [0.25, 0.3) is 0 Å². The van der Waals surface area contributed by atoms with Gasteiger partial charge >= 0.3 is 0 Å². The van der Waals surface area contributed by atoms with Crippen LogP contribution in [0.4, 0.5) is 0 Å². The molecule has 0 radical (unpaired) electrons. The van der Waals surface area contributed by atoms with Gasteiger partial charge in [0.05, 0.1) is 0 Å². The van der Waals surface area contributed by atoms with Crippen LogP contribution in [0.15, 0.2) is 126 Å². The van der Waals surface area contributed by atoms with Crippen molar-refractivity contribution in [3.8, 4) is 45.3 Å². The summed E-state index contributed by atoms with van der Waals surface area (Å²) in [5, 5.41) is 2.04. The maximum atomic E-state index is 6.47. The van der Waals surface area contributed by atoms with E-state index >= 15 is 0 Å². The maximum absolute atomic E-state index is 6.47. The largest absolute Gasteiger partial charge is 0.455 e. The Morgan fingerprint density at radius 2 is 1.05 bits per heavy atom. The second-order valence-electron chi connectivity index (χ2n) is 9.37. The van der Waals surface area contributed by atoms with Crippen molar-refractivity contribution >= 4 is 21.9 Å². The predicted octanol–water partition coefficient (Wildman–Crippen LogP) is 8.75. The van der Waals surface area contributed by atoms with Gasteiger partial charge in [-0.05, 0) is 18.6 Å². The van der Waals surface area contributed by atoms with E-state index in [-0.39, 0.29) is 0 Å². The maximum Gasteiger partial charge on any atom is 0.164 e. The smallest absolute Gasteiger partial charge is 0.164 e. The first-order valence-electron chi connectivity index (χ1n) is 12.6. The molecule has 2 heterocycles.